The second-order valence-corrected chi connectivity index (χ2v) is 6.00. The van der Waals surface area contributed by atoms with E-state index in [1.165, 1.54) is 24.0 Å². The van der Waals surface area contributed by atoms with E-state index in [0.29, 0.717) is 12.0 Å². The van der Waals surface area contributed by atoms with Crippen LogP contribution in [-0.2, 0) is 0 Å². The van der Waals surface area contributed by atoms with Gasteiger partial charge in [0.05, 0.1) is 6.61 Å². The van der Waals surface area contributed by atoms with Gasteiger partial charge < -0.3 is 10.1 Å². The number of benzene rings is 1. The second kappa shape index (κ2) is 9.02. The van der Waals surface area contributed by atoms with Crippen LogP contribution in [0.1, 0.15) is 64.0 Å². The van der Waals surface area contributed by atoms with E-state index in [-0.39, 0.29) is 0 Å². The molecule has 1 aromatic rings. The number of hydrogen-bond acceptors (Lipinski definition) is 2. The van der Waals surface area contributed by atoms with Crippen molar-refractivity contribution in [3.63, 3.8) is 0 Å². The Bertz CT molecular complexity index is 387. The van der Waals surface area contributed by atoms with Crippen molar-refractivity contribution in [1.29, 1.82) is 0 Å². The number of ether oxygens (including phenoxy) is 1. The molecule has 0 heterocycles. The minimum Gasteiger partial charge on any atom is -0.493 e. The van der Waals surface area contributed by atoms with Crippen LogP contribution in [0.3, 0.4) is 0 Å². The maximum atomic E-state index is 5.93. The van der Waals surface area contributed by atoms with Gasteiger partial charge in [-0.25, -0.2) is 0 Å². The van der Waals surface area contributed by atoms with Crippen LogP contribution in [0, 0.1) is 6.92 Å². The number of aryl methyl sites for hydroxylation is 1. The van der Waals surface area contributed by atoms with E-state index >= 15 is 0 Å². The number of hydrogen-bond donors (Lipinski definition) is 1. The quantitative estimate of drug-likeness (QED) is 0.663. The zero-order valence-corrected chi connectivity index (χ0v) is 13.8. The van der Waals surface area contributed by atoms with Gasteiger partial charge in [-0.1, -0.05) is 32.9 Å². The summed E-state index contributed by atoms with van der Waals surface area (Å²) in [5.74, 6) is 1.60. The molecular weight excluding hydrogens is 246 g/mol. The van der Waals surface area contributed by atoms with Crippen molar-refractivity contribution < 1.29 is 4.74 Å². The van der Waals surface area contributed by atoms with Gasteiger partial charge in [0.15, 0.2) is 0 Å². The maximum Gasteiger partial charge on any atom is 0.122 e. The van der Waals surface area contributed by atoms with E-state index in [1.807, 2.05) is 0 Å². The third-order valence-corrected chi connectivity index (χ3v) is 3.81. The van der Waals surface area contributed by atoms with Gasteiger partial charge in [0.1, 0.15) is 5.75 Å². The summed E-state index contributed by atoms with van der Waals surface area (Å²) in [7, 11) is 0. The van der Waals surface area contributed by atoms with Crippen LogP contribution in [0.15, 0.2) is 18.2 Å². The molecule has 0 fully saturated rings. The standard InChI is InChI=1S/C18H31NO/c1-6-16(5)19-11-7-8-12-20-18-13-17(14(2)3)10-9-15(18)4/h9-10,13-14,16,19H,6-8,11-12H2,1-5H3/t16-/m0/s1. The fraction of sp³-hybridized carbons (Fsp3) is 0.667. The minimum absolute atomic E-state index is 0.553. The monoisotopic (exact) mass is 277 g/mol. The lowest BCUT2D eigenvalue weighted by atomic mass is 10.0. The molecule has 0 bridgehead atoms. The Morgan fingerprint density at radius 2 is 1.90 bits per heavy atom. The summed E-state index contributed by atoms with van der Waals surface area (Å²) in [5, 5.41) is 3.51. The Balaban J connectivity index is 2.29. The van der Waals surface area contributed by atoms with Gasteiger partial charge in [-0.15, -0.1) is 0 Å². The number of rotatable bonds is 9. The Labute approximate surface area is 124 Å². The molecule has 0 saturated heterocycles. The van der Waals surface area contributed by atoms with Crippen molar-refractivity contribution in [2.24, 2.45) is 0 Å². The lowest BCUT2D eigenvalue weighted by Crippen LogP contribution is -2.26. The Morgan fingerprint density at radius 1 is 1.15 bits per heavy atom. The molecule has 0 aliphatic heterocycles. The highest BCUT2D eigenvalue weighted by molar-refractivity contribution is 5.37. The van der Waals surface area contributed by atoms with Gasteiger partial charge >= 0.3 is 0 Å². The highest BCUT2D eigenvalue weighted by atomic mass is 16.5. The summed E-state index contributed by atoms with van der Waals surface area (Å²) in [6.45, 7) is 12.9. The van der Waals surface area contributed by atoms with Crippen molar-refractivity contribution in [2.45, 2.75) is 65.8 Å². The molecule has 0 unspecified atom stereocenters. The summed E-state index contributed by atoms with van der Waals surface area (Å²) in [5.41, 5.74) is 2.58. The number of unbranched alkanes of at least 4 members (excludes halogenated alkanes) is 1. The van der Waals surface area contributed by atoms with Gasteiger partial charge in [0.2, 0.25) is 0 Å². The highest BCUT2D eigenvalue weighted by Gasteiger charge is 2.04. The molecule has 0 amide bonds. The molecule has 2 nitrogen and oxygen atoms in total. The zero-order chi connectivity index (χ0) is 15.0. The zero-order valence-electron chi connectivity index (χ0n) is 13.8. The maximum absolute atomic E-state index is 5.93. The Morgan fingerprint density at radius 3 is 2.55 bits per heavy atom. The molecule has 0 aliphatic carbocycles. The van der Waals surface area contributed by atoms with Crippen LogP contribution >= 0.6 is 0 Å². The summed E-state index contributed by atoms with van der Waals surface area (Å²) in [6.07, 6.45) is 3.47. The van der Waals surface area contributed by atoms with E-state index in [0.717, 1.165) is 25.3 Å². The van der Waals surface area contributed by atoms with Crippen LogP contribution in [0.2, 0.25) is 0 Å². The molecule has 1 N–H and O–H groups in total. The van der Waals surface area contributed by atoms with Crippen LogP contribution in [0.4, 0.5) is 0 Å². The highest BCUT2D eigenvalue weighted by Crippen LogP contribution is 2.24. The predicted octanol–water partition coefficient (Wildman–Crippen LogP) is 4.67. The van der Waals surface area contributed by atoms with E-state index < -0.39 is 0 Å². The lowest BCUT2D eigenvalue weighted by molar-refractivity contribution is 0.302. The molecular formula is C18H31NO. The van der Waals surface area contributed by atoms with E-state index in [9.17, 15) is 0 Å². The van der Waals surface area contributed by atoms with Crippen LogP contribution < -0.4 is 10.1 Å². The molecule has 0 saturated carbocycles. The molecule has 1 atom stereocenters. The lowest BCUT2D eigenvalue weighted by Gasteiger charge is -2.13. The first-order chi connectivity index (χ1) is 9.54. The fourth-order valence-corrected chi connectivity index (χ4v) is 2.03. The Kier molecular flexibility index (Phi) is 7.68. The van der Waals surface area contributed by atoms with Crippen LogP contribution in [0.5, 0.6) is 5.75 Å². The molecule has 114 valence electrons. The number of nitrogens with one attached hydrogen (secondary N) is 1. The van der Waals surface area contributed by atoms with Crippen LogP contribution in [-0.4, -0.2) is 19.2 Å². The predicted molar refractivity (Wildman–Crippen MR) is 87.8 cm³/mol. The molecule has 0 aliphatic rings. The van der Waals surface area contributed by atoms with Crippen molar-refractivity contribution in [2.75, 3.05) is 13.2 Å². The molecule has 1 aromatic carbocycles. The minimum atomic E-state index is 0.553. The largest absolute Gasteiger partial charge is 0.493 e. The van der Waals surface area contributed by atoms with Crippen molar-refractivity contribution in [3.8, 4) is 5.75 Å². The molecule has 0 spiro atoms. The first kappa shape index (κ1) is 17.0. The third kappa shape index (κ3) is 5.96. The van der Waals surface area contributed by atoms with Crippen molar-refractivity contribution in [3.05, 3.63) is 29.3 Å². The molecule has 0 radical (unpaired) electrons. The van der Waals surface area contributed by atoms with Gasteiger partial charge in [0.25, 0.3) is 0 Å². The third-order valence-electron chi connectivity index (χ3n) is 3.81. The SMILES string of the molecule is CC[C@H](C)NCCCCOc1cc(C(C)C)ccc1C. The van der Waals surface area contributed by atoms with Crippen molar-refractivity contribution >= 4 is 0 Å². The van der Waals surface area contributed by atoms with Gasteiger partial charge in [-0.2, -0.15) is 0 Å². The van der Waals surface area contributed by atoms with Crippen molar-refractivity contribution in [1.82, 2.24) is 5.32 Å². The van der Waals surface area contributed by atoms with Gasteiger partial charge in [-0.3, -0.25) is 0 Å². The first-order valence-electron chi connectivity index (χ1n) is 8.01. The van der Waals surface area contributed by atoms with E-state index in [4.69, 9.17) is 4.74 Å². The average Bonchev–Trinajstić information content (AvgIpc) is 2.43. The van der Waals surface area contributed by atoms with E-state index in [1.54, 1.807) is 0 Å². The van der Waals surface area contributed by atoms with E-state index in [2.05, 4.69) is 58.1 Å². The molecule has 20 heavy (non-hydrogen) atoms. The fourth-order valence-electron chi connectivity index (χ4n) is 2.03. The Hall–Kier alpha value is -1.02. The van der Waals surface area contributed by atoms with Gasteiger partial charge in [0, 0.05) is 6.04 Å². The van der Waals surface area contributed by atoms with Gasteiger partial charge in [-0.05, 0) is 62.8 Å². The summed E-state index contributed by atoms with van der Waals surface area (Å²) >= 11 is 0. The van der Waals surface area contributed by atoms with Crippen LogP contribution in [0.25, 0.3) is 0 Å². The molecule has 0 aromatic heterocycles. The first-order valence-corrected chi connectivity index (χ1v) is 8.01. The molecule has 2 heteroatoms. The topological polar surface area (TPSA) is 21.3 Å². The molecule has 1 rings (SSSR count). The summed E-state index contributed by atoms with van der Waals surface area (Å²) < 4.78 is 5.93. The average molecular weight is 277 g/mol. The summed E-state index contributed by atoms with van der Waals surface area (Å²) in [6, 6.07) is 7.18. The normalized spacial score (nSPS) is 12.7. The summed E-state index contributed by atoms with van der Waals surface area (Å²) in [4.78, 5) is 0. The second-order valence-electron chi connectivity index (χ2n) is 6.00. The smallest absolute Gasteiger partial charge is 0.122 e.